The molecule has 0 aromatic heterocycles. The van der Waals surface area contributed by atoms with Crippen molar-refractivity contribution in [3.63, 3.8) is 0 Å². The summed E-state index contributed by atoms with van der Waals surface area (Å²) in [4.78, 5) is 12.5. The summed E-state index contributed by atoms with van der Waals surface area (Å²) >= 11 is 0. The summed E-state index contributed by atoms with van der Waals surface area (Å²) in [5.74, 6) is 0.865. The Bertz CT molecular complexity index is 501. The van der Waals surface area contributed by atoms with Crippen molar-refractivity contribution in [3.05, 3.63) is 0 Å². The highest BCUT2D eigenvalue weighted by Gasteiger charge is 2.45. The van der Waals surface area contributed by atoms with Crippen molar-refractivity contribution in [2.24, 2.45) is 28.9 Å². The topological polar surface area (TPSA) is 89.3 Å². The molecule has 0 bridgehead atoms. The Hall–Kier alpha value is -0.620. The molecule has 1 aliphatic carbocycles. The number of hydrogen-bond donors (Lipinski definition) is 2. The van der Waals surface area contributed by atoms with Gasteiger partial charge in [0.15, 0.2) is 9.84 Å². The summed E-state index contributed by atoms with van der Waals surface area (Å²) in [6, 6.07) is 0.157. The first-order chi connectivity index (χ1) is 9.63. The fourth-order valence-electron chi connectivity index (χ4n) is 3.72. The molecule has 2 aliphatic rings. The number of rotatable bonds is 3. The van der Waals surface area contributed by atoms with E-state index in [-0.39, 0.29) is 40.7 Å². The lowest BCUT2D eigenvalue weighted by Crippen LogP contribution is -2.52. The van der Waals surface area contributed by atoms with E-state index in [1.807, 2.05) is 0 Å². The van der Waals surface area contributed by atoms with Gasteiger partial charge in [0, 0.05) is 18.5 Å². The van der Waals surface area contributed by atoms with Gasteiger partial charge in [-0.2, -0.15) is 0 Å². The zero-order chi connectivity index (χ0) is 15.8. The zero-order valence-corrected chi connectivity index (χ0v) is 14.1. The van der Waals surface area contributed by atoms with Crippen LogP contribution in [0.15, 0.2) is 0 Å². The van der Waals surface area contributed by atoms with Crippen LogP contribution in [0.1, 0.15) is 40.0 Å². The van der Waals surface area contributed by atoms with Gasteiger partial charge in [-0.1, -0.05) is 20.8 Å². The van der Waals surface area contributed by atoms with Crippen LogP contribution in [0.25, 0.3) is 0 Å². The molecular weight excluding hydrogens is 288 g/mol. The van der Waals surface area contributed by atoms with Crippen LogP contribution in [0.5, 0.6) is 0 Å². The van der Waals surface area contributed by atoms with E-state index in [0.717, 1.165) is 12.8 Å². The van der Waals surface area contributed by atoms with Gasteiger partial charge in [0.2, 0.25) is 5.91 Å². The Labute approximate surface area is 128 Å². The highest BCUT2D eigenvalue weighted by molar-refractivity contribution is 7.91. The fraction of sp³-hybridized carbons (Fsp3) is 0.933. The number of sulfone groups is 1. The Morgan fingerprint density at radius 2 is 1.95 bits per heavy atom. The minimum Gasteiger partial charge on any atom is -0.356 e. The Kier molecular flexibility index (Phi) is 4.69. The molecule has 1 aliphatic heterocycles. The van der Waals surface area contributed by atoms with Crippen LogP contribution >= 0.6 is 0 Å². The van der Waals surface area contributed by atoms with Gasteiger partial charge in [0.25, 0.3) is 0 Å². The molecule has 1 saturated carbocycles. The summed E-state index contributed by atoms with van der Waals surface area (Å²) in [5.41, 5.74) is 6.00. The van der Waals surface area contributed by atoms with E-state index in [1.165, 1.54) is 0 Å². The maximum atomic E-state index is 12.5. The molecule has 122 valence electrons. The number of nitrogens with two attached hydrogens (primary N) is 1. The van der Waals surface area contributed by atoms with E-state index in [1.54, 1.807) is 0 Å². The van der Waals surface area contributed by atoms with Gasteiger partial charge < -0.3 is 11.1 Å². The average molecular weight is 316 g/mol. The molecular formula is C15H28N2O3S. The first-order valence-corrected chi connectivity index (χ1v) is 9.69. The van der Waals surface area contributed by atoms with Gasteiger partial charge in [0.1, 0.15) is 0 Å². The molecule has 1 amide bonds. The van der Waals surface area contributed by atoms with E-state index in [9.17, 15) is 13.2 Å². The van der Waals surface area contributed by atoms with Crippen molar-refractivity contribution in [2.45, 2.75) is 46.1 Å². The van der Waals surface area contributed by atoms with E-state index in [4.69, 9.17) is 5.73 Å². The first-order valence-electron chi connectivity index (χ1n) is 7.87. The van der Waals surface area contributed by atoms with Crippen LogP contribution in [0, 0.1) is 23.2 Å². The van der Waals surface area contributed by atoms with Gasteiger partial charge in [-0.15, -0.1) is 0 Å². The lowest BCUT2D eigenvalue weighted by molar-refractivity contribution is -0.132. The Morgan fingerprint density at radius 1 is 1.29 bits per heavy atom. The van der Waals surface area contributed by atoms with Crippen molar-refractivity contribution in [1.29, 1.82) is 0 Å². The number of carbonyl (C=O) groups is 1. The molecule has 0 radical (unpaired) electrons. The van der Waals surface area contributed by atoms with Crippen LogP contribution in [-0.2, 0) is 14.6 Å². The molecule has 0 aromatic rings. The standard InChI is InChI=1S/C15H28N2O3S/c1-10-13(16)5-4-12(15(10,2)3)14(18)17-8-11-6-7-21(19,20)9-11/h10-13H,4-9,16H2,1-3H3,(H,17,18). The average Bonchev–Trinajstić information content (AvgIpc) is 2.73. The van der Waals surface area contributed by atoms with E-state index in [0.29, 0.717) is 18.9 Å². The summed E-state index contributed by atoms with van der Waals surface area (Å²) in [6.07, 6.45) is 2.35. The van der Waals surface area contributed by atoms with E-state index in [2.05, 4.69) is 26.1 Å². The van der Waals surface area contributed by atoms with Crippen molar-refractivity contribution in [3.8, 4) is 0 Å². The maximum absolute atomic E-state index is 12.5. The Morgan fingerprint density at radius 3 is 2.52 bits per heavy atom. The van der Waals surface area contributed by atoms with Crippen molar-refractivity contribution in [1.82, 2.24) is 5.32 Å². The second-order valence-corrected chi connectivity index (χ2v) is 9.65. The third-order valence-corrected chi connectivity index (χ3v) is 7.55. The molecule has 3 N–H and O–H groups in total. The molecule has 6 heteroatoms. The number of amides is 1. The molecule has 1 heterocycles. The summed E-state index contributed by atoms with van der Waals surface area (Å²) in [6.45, 7) is 6.82. The number of nitrogens with one attached hydrogen (secondary N) is 1. The quantitative estimate of drug-likeness (QED) is 0.811. The lowest BCUT2D eigenvalue weighted by Gasteiger charge is -2.46. The predicted molar refractivity (Wildman–Crippen MR) is 83.4 cm³/mol. The van der Waals surface area contributed by atoms with Crippen molar-refractivity contribution < 1.29 is 13.2 Å². The molecule has 0 aromatic carbocycles. The SMILES string of the molecule is CC1C(N)CCC(C(=O)NCC2CCS(=O)(=O)C2)C1(C)C. The Balaban J connectivity index is 1.91. The van der Waals surface area contributed by atoms with Crippen molar-refractivity contribution in [2.75, 3.05) is 18.1 Å². The third kappa shape index (κ3) is 3.59. The van der Waals surface area contributed by atoms with E-state index >= 15 is 0 Å². The molecule has 1 saturated heterocycles. The van der Waals surface area contributed by atoms with Crippen LogP contribution in [0.2, 0.25) is 0 Å². The largest absolute Gasteiger partial charge is 0.356 e. The molecule has 4 unspecified atom stereocenters. The third-order valence-electron chi connectivity index (χ3n) is 5.71. The normalized spacial score (nSPS) is 38.1. The molecule has 21 heavy (non-hydrogen) atoms. The molecule has 0 spiro atoms. The van der Waals surface area contributed by atoms with Gasteiger partial charge in [-0.05, 0) is 36.5 Å². The van der Waals surface area contributed by atoms with Crippen molar-refractivity contribution >= 4 is 15.7 Å². The van der Waals surface area contributed by atoms with Gasteiger partial charge in [0.05, 0.1) is 11.5 Å². The fourth-order valence-corrected chi connectivity index (χ4v) is 5.58. The van der Waals surface area contributed by atoms with Crippen LogP contribution < -0.4 is 11.1 Å². The predicted octanol–water partition coefficient (Wildman–Crippen LogP) is 0.937. The lowest BCUT2D eigenvalue weighted by atomic mass is 9.61. The van der Waals surface area contributed by atoms with Gasteiger partial charge >= 0.3 is 0 Å². The second-order valence-electron chi connectivity index (χ2n) is 7.42. The smallest absolute Gasteiger partial charge is 0.223 e. The monoisotopic (exact) mass is 316 g/mol. The van der Waals surface area contributed by atoms with Crippen LogP contribution in [0.4, 0.5) is 0 Å². The zero-order valence-electron chi connectivity index (χ0n) is 13.3. The van der Waals surface area contributed by atoms with Gasteiger partial charge in [-0.25, -0.2) is 8.42 Å². The first kappa shape index (κ1) is 16.7. The van der Waals surface area contributed by atoms with Crippen LogP contribution in [-0.4, -0.2) is 38.4 Å². The molecule has 5 nitrogen and oxygen atoms in total. The molecule has 2 rings (SSSR count). The second kappa shape index (κ2) is 5.88. The highest BCUT2D eigenvalue weighted by Crippen LogP contribution is 2.44. The molecule has 2 fully saturated rings. The number of hydrogen-bond acceptors (Lipinski definition) is 4. The minimum absolute atomic E-state index is 0.0367. The molecule has 4 atom stereocenters. The minimum atomic E-state index is -2.87. The summed E-state index contributed by atoms with van der Waals surface area (Å²) < 4.78 is 22.9. The summed E-state index contributed by atoms with van der Waals surface area (Å²) in [7, 11) is -2.87. The van der Waals surface area contributed by atoms with Gasteiger partial charge in [-0.3, -0.25) is 4.79 Å². The summed E-state index contributed by atoms with van der Waals surface area (Å²) in [5, 5.41) is 2.98. The maximum Gasteiger partial charge on any atom is 0.223 e. The highest BCUT2D eigenvalue weighted by atomic mass is 32.2. The van der Waals surface area contributed by atoms with E-state index < -0.39 is 9.84 Å². The van der Waals surface area contributed by atoms with Crippen LogP contribution in [0.3, 0.4) is 0 Å². The number of carbonyl (C=O) groups excluding carboxylic acids is 1.